The summed E-state index contributed by atoms with van der Waals surface area (Å²) in [6.45, 7) is 2.52. The van der Waals surface area contributed by atoms with E-state index < -0.39 is 30.1 Å². The van der Waals surface area contributed by atoms with Gasteiger partial charge in [0.2, 0.25) is 0 Å². The highest BCUT2D eigenvalue weighted by molar-refractivity contribution is 6.30. The Labute approximate surface area is 202 Å². The predicted molar refractivity (Wildman–Crippen MR) is 126 cm³/mol. The van der Waals surface area contributed by atoms with Crippen LogP contribution in [0.4, 0.5) is 0 Å². The summed E-state index contributed by atoms with van der Waals surface area (Å²) in [7, 11) is 0. The molecule has 0 aliphatic heterocycles. The van der Waals surface area contributed by atoms with Crippen molar-refractivity contribution in [3.63, 3.8) is 0 Å². The SMILES string of the molecule is CC(=O)OC(c1ccc(Cl)cc1)C(C(=O)c1ccccc1)C(OC(C)=O)c1ccc(Cl)cc1. The summed E-state index contributed by atoms with van der Waals surface area (Å²) in [5.74, 6) is -2.60. The van der Waals surface area contributed by atoms with E-state index in [4.69, 9.17) is 32.7 Å². The largest absolute Gasteiger partial charge is 0.457 e. The van der Waals surface area contributed by atoms with Crippen LogP contribution in [-0.4, -0.2) is 17.7 Å². The molecule has 0 heterocycles. The fourth-order valence-corrected chi connectivity index (χ4v) is 3.84. The van der Waals surface area contributed by atoms with Crippen molar-refractivity contribution in [1.29, 1.82) is 0 Å². The first kappa shape index (κ1) is 24.5. The van der Waals surface area contributed by atoms with Gasteiger partial charge >= 0.3 is 11.9 Å². The van der Waals surface area contributed by atoms with Crippen molar-refractivity contribution in [2.24, 2.45) is 5.92 Å². The van der Waals surface area contributed by atoms with E-state index in [2.05, 4.69) is 0 Å². The van der Waals surface area contributed by atoms with E-state index in [9.17, 15) is 14.4 Å². The molecule has 2 atom stereocenters. The standard InChI is InChI=1S/C26H22Cl2O5/c1-16(29)32-25(19-8-12-21(27)13-9-19)23(24(31)18-6-4-3-5-7-18)26(33-17(2)30)20-10-14-22(28)15-11-20/h3-15,23,25-26H,1-2H3. The molecule has 0 fully saturated rings. The molecule has 0 spiro atoms. The van der Waals surface area contributed by atoms with Crippen LogP contribution in [0, 0.1) is 5.92 Å². The van der Waals surface area contributed by atoms with Gasteiger partial charge in [-0.2, -0.15) is 0 Å². The van der Waals surface area contributed by atoms with E-state index in [-0.39, 0.29) is 5.78 Å². The molecule has 2 unspecified atom stereocenters. The number of halogens is 2. The van der Waals surface area contributed by atoms with Crippen LogP contribution in [0.15, 0.2) is 78.9 Å². The highest BCUT2D eigenvalue weighted by Crippen LogP contribution is 2.41. The minimum absolute atomic E-state index is 0.349. The van der Waals surface area contributed by atoms with Crippen molar-refractivity contribution in [1.82, 2.24) is 0 Å². The van der Waals surface area contributed by atoms with Gasteiger partial charge in [-0.05, 0) is 35.4 Å². The third kappa shape index (κ3) is 6.44. The maximum atomic E-state index is 13.8. The molecule has 0 aliphatic rings. The number of carbonyl (C=O) groups is 3. The average molecular weight is 485 g/mol. The van der Waals surface area contributed by atoms with Crippen molar-refractivity contribution >= 4 is 40.9 Å². The summed E-state index contributed by atoms with van der Waals surface area (Å²) in [6, 6.07) is 21.8. The molecule has 5 nitrogen and oxygen atoms in total. The smallest absolute Gasteiger partial charge is 0.303 e. The summed E-state index contributed by atoms with van der Waals surface area (Å²) in [6.07, 6.45) is -2.10. The lowest BCUT2D eigenvalue weighted by Gasteiger charge is -2.32. The van der Waals surface area contributed by atoms with Crippen LogP contribution < -0.4 is 0 Å². The van der Waals surface area contributed by atoms with Gasteiger partial charge in [0.25, 0.3) is 0 Å². The van der Waals surface area contributed by atoms with Gasteiger partial charge in [0.1, 0.15) is 18.1 Å². The first-order valence-corrected chi connectivity index (χ1v) is 11.0. The summed E-state index contributed by atoms with van der Waals surface area (Å²) < 4.78 is 11.3. The summed E-state index contributed by atoms with van der Waals surface area (Å²) in [5, 5.41) is 0.973. The third-order valence-electron chi connectivity index (χ3n) is 5.00. The van der Waals surface area contributed by atoms with Crippen LogP contribution in [-0.2, 0) is 19.1 Å². The first-order valence-electron chi connectivity index (χ1n) is 10.2. The Bertz CT molecular complexity index is 1050. The molecule has 3 aromatic rings. The minimum atomic E-state index is -1.08. The second-order valence-electron chi connectivity index (χ2n) is 7.42. The molecule has 170 valence electrons. The van der Waals surface area contributed by atoms with Crippen molar-refractivity contribution in [3.8, 4) is 0 Å². The molecule has 0 saturated carbocycles. The van der Waals surface area contributed by atoms with Crippen LogP contribution in [0.1, 0.15) is 47.5 Å². The molecule has 0 bridgehead atoms. The Hall–Kier alpha value is -3.15. The van der Waals surface area contributed by atoms with E-state index in [0.29, 0.717) is 26.7 Å². The maximum Gasteiger partial charge on any atom is 0.303 e. The molecule has 33 heavy (non-hydrogen) atoms. The quantitative estimate of drug-likeness (QED) is 0.273. The molecule has 0 saturated heterocycles. The van der Waals surface area contributed by atoms with E-state index in [1.54, 1.807) is 78.9 Å². The van der Waals surface area contributed by atoms with Gasteiger partial charge in [0.15, 0.2) is 5.78 Å². The molecule has 0 N–H and O–H groups in total. The molecule has 7 heteroatoms. The molecular weight excluding hydrogens is 463 g/mol. The summed E-state index contributed by atoms with van der Waals surface area (Å²) in [4.78, 5) is 38.0. The van der Waals surface area contributed by atoms with Crippen molar-refractivity contribution in [2.75, 3.05) is 0 Å². The average Bonchev–Trinajstić information content (AvgIpc) is 2.79. The molecule has 0 aromatic heterocycles. The zero-order chi connectivity index (χ0) is 24.0. The van der Waals surface area contributed by atoms with Gasteiger partial charge in [0.05, 0.1) is 0 Å². The highest BCUT2D eigenvalue weighted by atomic mass is 35.5. The van der Waals surface area contributed by atoms with E-state index >= 15 is 0 Å². The molecule has 0 radical (unpaired) electrons. The van der Waals surface area contributed by atoms with Gasteiger partial charge < -0.3 is 9.47 Å². The zero-order valence-corrected chi connectivity index (χ0v) is 19.5. The number of benzene rings is 3. The first-order chi connectivity index (χ1) is 15.8. The van der Waals surface area contributed by atoms with Gasteiger partial charge in [-0.25, -0.2) is 0 Å². The second-order valence-corrected chi connectivity index (χ2v) is 8.29. The number of ether oxygens (including phenoxy) is 2. The Morgan fingerprint density at radius 1 is 0.636 bits per heavy atom. The van der Waals surface area contributed by atoms with E-state index in [1.807, 2.05) is 0 Å². The van der Waals surface area contributed by atoms with Crippen molar-refractivity contribution < 1.29 is 23.9 Å². The lowest BCUT2D eigenvalue weighted by atomic mass is 9.81. The van der Waals surface area contributed by atoms with Gasteiger partial charge in [-0.1, -0.05) is 77.8 Å². The monoisotopic (exact) mass is 484 g/mol. The number of Topliss-reactive ketones (excluding diaryl/α,β-unsaturated/α-hetero) is 1. The van der Waals surface area contributed by atoms with Crippen LogP contribution in [0.3, 0.4) is 0 Å². The van der Waals surface area contributed by atoms with E-state index in [1.165, 1.54) is 13.8 Å². The summed E-state index contributed by atoms with van der Waals surface area (Å²) in [5.41, 5.74) is 1.46. The van der Waals surface area contributed by atoms with E-state index in [0.717, 1.165) is 0 Å². The zero-order valence-electron chi connectivity index (χ0n) is 18.0. The Balaban J connectivity index is 2.21. The van der Waals surface area contributed by atoms with Crippen molar-refractivity contribution in [2.45, 2.75) is 26.1 Å². The number of ketones is 1. The van der Waals surface area contributed by atoms with Crippen LogP contribution in [0.2, 0.25) is 10.0 Å². The molecular formula is C26H22Cl2O5. The van der Waals surface area contributed by atoms with Gasteiger partial charge in [-0.15, -0.1) is 0 Å². The van der Waals surface area contributed by atoms with Crippen LogP contribution in [0.5, 0.6) is 0 Å². The maximum absolute atomic E-state index is 13.8. The fraction of sp³-hybridized carbons (Fsp3) is 0.192. The second kappa shape index (κ2) is 11.1. The molecule has 3 aromatic carbocycles. The molecule has 0 aliphatic carbocycles. The minimum Gasteiger partial charge on any atom is -0.457 e. The van der Waals surface area contributed by atoms with Crippen LogP contribution >= 0.6 is 23.2 Å². The number of carbonyl (C=O) groups excluding carboxylic acids is 3. The summed E-state index contributed by atoms with van der Waals surface area (Å²) >= 11 is 12.1. The topological polar surface area (TPSA) is 69.7 Å². The van der Waals surface area contributed by atoms with Gasteiger partial charge in [0, 0.05) is 29.5 Å². The van der Waals surface area contributed by atoms with Crippen molar-refractivity contribution in [3.05, 3.63) is 106 Å². The predicted octanol–water partition coefficient (Wildman–Crippen LogP) is 6.40. The third-order valence-corrected chi connectivity index (χ3v) is 5.50. The lowest BCUT2D eigenvalue weighted by Crippen LogP contribution is -2.33. The number of hydrogen-bond acceptors (Lipinski definition) is 5. The van der Waals surface area contributed by atoms with Crippen LogP contribution in [0.25, 0.3) is 0 Å². The highest BCUT2D eigenvalue weighted by Gasteiger charge is 2.41. The molecule has 3 rings (SSSR count). The number of hydrogen-bond donors (Lipinski definition) is 0. The van der Waals surface area contributed by atoms with Gasteiger partial charge in [-0.3, -0.25) is 14.4 Å². The molecule has 0 amide bonds. The fourth-order valence-electron chi connectivity index (χ4n) is 3.59. The normalized spacial score (nSPS) is 13.5. The Morgan fingerprint density at radius 3 is 1.39 bits per heavy atom. The number of esters is 2. The Morgan fingerprint density at radius 2 is 1.03 bits per heavy atom. The number of rotatable bonds is 8. The Kier molecular flexibility index (Phi) is 8.26. The lowest BCUT2D eigenvalue weighted by molar-refractivity contribution is -0.157.